The molecule has 2 unspecified atom stereocenters. The van der Waals surface area contributed by atoms with Crippen molar-refractivity contribution in [2.24, 2.45) is 0 Å². The SMILES string of the molecule is OC(/C=C/c1ccccc1)C(O)CCc1ccccc1. The number of hydrogen-bond donors (Lipinski definition) is 2. The van der Waals surface area contributed by atoms with E-state index in [4.69, 9.17) is 0 Å². The van der Waals surface area contributed by atoms with Gasteiger partial charge in [0, 0.05) is 0 Å². The highest BCUT2D eigenvalue weighted by Gasteiger charge is 2.12. The first-order valence-electron chi connectivity index (χ1n) is 6.89. The Labute approximate surface area is 120 Å². The van der Waals surface area contributed by atoms with Gasteiger partial charge in [0.1, 0.15) is 0 Å². The highest BCUT2D eigenvalue weighted by molar-refractivity contribution is 5.49. The molecule has 0 spiro atoms. The Kier molecular flexibility index (Phi) is 5.54. The lowest BCUT2D eigenvalue weighted by Gasteiger charge is -2.14. The van der Waals surface area contributed by atoms with Crippen molar-refractivity contribution in [3.63, 3.8) is 0 Å². The molecule has 0 aromatic heterocycles. The molecule has 2 atom stereocenters. The zero-order chi connectivity index (χ0) is 14.2. The molecule has 0 aliphatic rings. The minimum absolute atomic E-state index is 0.546. The highest BCUT2D eigenvalue weighted by Crippen LogP contribution is 2.10. The Bertz CT molecular complexity index is 520. The molecule has 2 nitrogen and oxygen atoms in total. The van der Waals surface area contributed by atoms with E-state index < -0.39 is 12.2 Å². The summed E-state index contributed by atoms with van der Waals surface area (Å²) in [7, 11) is 0. The molecule has 2 N–H and O–H groups in total. The smallest absolute Gasteiger partial charge is 0.0983 e. The van der Waals surface area contributed by atoms with Gasteiger partial charge in [-0.2, -0.15) is 0 Å². The second kappa shape index (κ2) is 7.63. The zero-order valence-corrected chi connectivity index (χ0v) is 11.4. The van der Waals surface area contributed by atoms with Gasteiger partial charge in [0.15, 0.2) is 0 Å². The molecule has 2 rings (SSSR count). The standard InChI is InChI=1S/C18H20O2/c19-17(13-11-15-7-3-1-4-8-15)18(20)14-12-16-9-5-2-6-10-16/h1-11,13,17-20H,12,14H2/b13-11+. The summed E-state index contributed by atoms with van der Waals surface area (Å²) < 4.78 is 0. The van der Waals surface area contributed by atoms with Crippen LogP contribution in [0.25, 0.3) is 6.08 Å². The van der Waals surface area contributed by atoms with Crippen molar-refractivity contribution >= 4 is 6.08 Å². The first-order valence-corrected chi connectivity index (χ1v) is 6.89. The Morgan fingerprint density at radius 2 is 1.45 bits per heavy atom. The predicted molar refractivity (Wildman–Crippen MR) is 82.3 cm³/mol. The summed E-state index contributed by atoms with van der Waals surface area (Å²) in [5, 5.41) is 19.9. The largest absolute Gasteiger partial charge is 0.390 e. The molecule has 0 fully saturated rings. The highest BCUT2D eigenvalue weighted by atomic mass is 16.3. The summed E-state index contributed by atoms with van der Waals surface area (Å²) in [6, 6.07) is 19.7. The molecular formula is C18H20O2. The lowest BCUT2D eigenvalue weighted by atomic mass is 10.0. The van der Waals surface area contributed by atoms with Crippen LogP contribution in [0.15, 0.2) is 66.7 Å². The summed E-state index contributed by atoms with van der Waals surface area (Å²) in [6.45, 7) is 0. The third-order valence-corrected chi connectivity index (χ3v) is 3.25. The van der Waals surface area contributed by atoms with E-state index in [1.807, 2.05) is 66.7 Å². The number of benzene rings is 2. The van der Waals surface area contributed by atoms with Crippen LogP contribution in [0.1, 0.15) is 17.5 Å². The molecule has 20 heavy (non-hydrogen) atoms. The van der Waals surface area contributed by atoms with Crippen molar-refractivity contribution in [2.45, 2.75) is 25.0 Å². The molecule has 0 saturated carbocycles. The van der Waals surface area contributed by atoms with Crippen molar-refractivity contribution in [3.8, 4) is 0 Å². The zero-order valence-electron chi connectivity index (χ0n) is 11.4. The van der Waals surface area contributed by atoms with Gasteiger partial charge in [0.2, 0.25) is 0 Å². The van der Waals surface area contributed by atoms with Crippen LogP contribution in [0.2, 0.25) is 0 Å². The van der Waals surface area contributed by atoms with E-state index in [1.165, 1.54) is 5.56 Å². The molecule has 0 bridgehead atoms. The van der Waals surface area contributed by atoms with Crippen LogP contribution in [0.3, 0.4) is 0 Å². The van der Waals surface area contributed by atoms with Gasteiger partial charge in [-0.3, -0.25) is 0 Å². The van der Waals surface area contributed by atoms with Gasteiger partial charge in [-0.1, -0.05) is 72.8 Å². The maximum absolute atomic E-state index is 9.96. The van der Waals surface area contributed by atoms with E-state index in [9.17, 15) is 10.2 Å². The number of hydrogen-bond acceptors (Lipinski definition) is 2. The number of rotatable bonds is 6. The van der Waals surface area contributed by atoms with E-state index in [1.54, 1.807) is 6.08 Å². The van der Waals surface area contributed by atoms with Crippen LogP contribution >= 0.6 is 0 Å². The maximum atomic E-state index is 9.96. The summed E-state index contributed by atoms with van der Waals surface area (Å²) in [4.78, 5) is 0. The van der Waals surface area contributed by atoms with Gasteiger partial charge < -0.3 is 10.2 Å². The van der Waals surface area contributed by atoms with E-state index in [-0.39, 0.29) is 0 Å². The fourth-order valence-corrected chi connectivity index (χ4v) is 2.03. The number of aliphatic hydroxyl groups excluding tert-OH is 2. The van der Waals surface area contributed by atoms with Gasteiger partial charge in [-0.15, -0.1) is 0 Å². The molecule has 0 heterocycles. The Balaban J connectivity index is 1.83. The third-order valence-electron chi connectivity index (χ3n) is 3.25. The van der Waals surface area contributed by atoms with Gasteiger partial charge in [-0.25, -0.2) is 0 Å². The molecule has 0 radical (unpaired) electrons. The first kappa shape index (κ1) is 14.5. The minimum Gasteiger partial charge on any atom is -0.390 e. The normalized spacial score (nSPS) is 14.3. The van der Waals surface area contributed by atoms with Crippen LogP contribution in [0, 0.1) is 0 Å². The summed E-state index contributed by atoms with van der Waals surface area (Å²) in [5.41, 5.74) is 2.19. The molecule has 2 aromatic carbocycles. The molecule has 104 valence electrons. The Hall–Kier alpha value is -1.90. The van der Waals surface area contributed by atoms with Gasteiger partial charge in [0.25, 0.3) is 0 Å². The number of aliphatic hydroxyl groups is 2. The van der Waals surface area contributed by atoms with Crippen LogP contribution in [-0.2, 0) is 6.42 Å². The molecule has 0 aliphatic heterocycles. The Morgan fingerprint density at radius 1 is 0.850 bits per heavy atom. The van der Waals surface area contributed by atoms with Gasteiger partial charge in [0.05, 0.1) is 12.2 Å². The van der Waals surface area contributed by atoms with Crippen LogP contribution in [0.5, 0.6) is 0 Å². The molecule has 0 saturated heterocycles. The second-order valence-electron chi connectivity index (χ2n) is 4.85. The summed E-state index contributed by atoms with van der Waals surface area (Å²) in [5.74, 6) is 0. The van der Waals surface area contributed by atoms with Crippen LogP contribution in [0.4, 0.5) is 0 Å². The Morgan fingerprint density at radius 3 is 2.10 bits per heavy atom. The molecule has 0 amide bonds. The lowest BCUT2D eigenvalue weighted by molar-refractivity contribution is 0.0439. The van der Waals surface area contributed by atoms with Crippen molar-refractivity contribution in [2.75, 3.05) is 0 Å². The minimum atomic E-state index is -0.834. The van der Waals surface area contributed by atoms with Gasteiger partial charge in [-0.05, 0) is 24.0 Å². The van der Waals surface area contributed by atoms with Crippen LogP contribution in [-0.4, -0.2) is 22.4 Å². The van der Waals surface area contributed by atoms with E-state index in [0.29, 0.717) is 6.42 Å². The molecule has 2 aromatic rings. The summed E-state index contributed by atoms with van der Waals surface area (Å²) >= 11 is 0. The van der Waals surface area contributed by atoms with Crippen molar-refractivity contribution in [1.82, 2.24) is 0 Å². The lowest BCUT2D eigenvalue weighted by Crippen LogP contribution is -2.24. The van der Waals surface area contributed by atoms with E-state index in [2.05, 4.69) is 0 Å². The first-order chi connectivity index (χ1) is 9.75. The molecule has 2 heteroatoms. The quantitative estimate of drug-likeness (QED) is 0.845. The average Bonchev–Trinajstić information content (AvgIpc) is 2.52. The van der Waals surface area contributed by atoms with Gasteiger partial charge >= 0.3 is 0 Å². The molecular weight excluding hydrogens is 248 g/mol. The molecule has 0 aliphatic carbocycles. The van der Waals surface area contributed by atoms with Crippen molar-refractivity contribution < 1.29 is 10.2 Å². The van der Waals surface area contributed by atoms with E-state index in [0.717, 1.165) is 12.0 Å². The van der Waals surface area contributed by atoms with Crippen molar-refractivity contribution in [1.29, 1.82) is 0 Å². The fraction of sp³-hybridized carbons (Fsp3) is 0.222. The average molecular weight is 268 g/mol. The van der Waals surface area contributed by atoms with E-state index >= 15 is 0 Å². The summed E-state index contributed by atoms with van der Waals surface area (Å²) in [6.07, 6.45) is 3.21. The van der Waals surface area contributed by atoms with Crippen molar-refractivity contribution in [3.05, 3.63) is 77.9 Å². The monoisotopic (exact) mass is 268 g/mol. The predicted octanol–water partition coefficient (Wildman–Crippen LogP) is 3.05. The van der Waals surface area contributed by atoms with Crippen LogP contribution < -0.4 is 0 Å². The maximum Gasteiger partial charge on any atom is 0.0983 e. The topological polar surface area (TPSA) is 40.5 Å². The fourth-order valence-electron chi connectivity index (χ4n) is 2.03. The number of aryl methyl sites for hydroxylation is 1. The second-order valence-corrected chi connectivity index (χ2v) is 4.85. The third kappa shape index (κ3) is 4.65.